The molecule has 0 radical (unpaired) electrons. The van der Waals surface area contributed by atoms with Crippen LogP contribution in [0, 0.1) is 0 Å². The summed E-state index contributed by atoms with van der Waals surface area (Å²) in [7, 11) is 0. The van der Waals surface area contributed by atoms with Gasteiger partial charge < -0.3 is 15.4 Å². The Morgan fingerprint density at radius 1 is 1.27 bits per heavy atom. The van der Waals surface area contributed by atoms with Crippen LogP contribution in [0.2, 0.25) is 0 Å². The molecule has 2 rings (SSSR count). The molecule has 150 valence electrons. The highest BCUT2D eigenvalue weighted by molar-refractivity contribution is 14.0. The molecule has 0 spiro atoms. The van der Waals surface area contributed by atoms with E-state index in [-0.39, 0.29) is 24.0 Å². The van der Waals surface area contributed by atoms with Gasteiger partial charge >= 0.3 is 0 Å². The van der Waals surface area contributed by atoms with E-state index in [1.807, 2.05) is 18.3 Å². The molecule has 7 heteroatoms. The number of rotatable bonds is 11. The number of likely N-dealkylation sites (tertiary alicyclic amines) is 1. The van der Waals surface area contributed by atoms with Gasteiger partial charge in [0.15, 0.2) is 5.96 Å². The van der Waals surface area contributed by atoms with E-state index >= 15 is 0 Å². The van der Waals surface area contributed by atoms with Crippen molar-refractivity contribution in [2.75, 3.05) is 45.9 Å². The molecule has 5 nitrogen and oxygen atoms in total. The number of aliphatic imine (C=N–C) groups is 1. The van der Waals surface area contributed by atoms with Gasteiger partial charge in [0.1, 0.15) is 0 Å². The molecule has 1 aliphatic heterocycles. The Balaban J connectivity index is 0.00000338. The summed E-state index contributed by atoms with van der Waals surface area (Å²) >= 11 is 1.85. The van der Waals surface area contributed by atoms with Crippen molar-refractivity contribution in [3.63, 3.8) is 0 Å². The lowest BCUT2D eigenvalue weighted by molar-refractivity contribution is 0.143. The predicted molar refractivity (Wildman–Crippen MR) is 123 cm³/mol. The standard InChI is InChI=1S/C19H34N4OS.HI/c1-3-20-19(21-11-5-8-14-24-4-2)22-16-17(18-10-9-15-25-18)23-12-6-7-13-23;/h9-10,15,17H,3-8,11-14,16H2,1-2H3,(H2,20,21,22);1H. The monoisotopic (exact) mass is 494 g/mol. The molecule has 0 amide bonds. The zero-order valence-electron chi connectivity index (χ0n) is 16.2. The number of nitrogens with one attached hydrogen (secondary N) is 2. The van der Waals surface area contributed by atoms with Gasteiger partial charge in [-0.3, -0.25) is 9.89 Å². The summed E-state index contributed by atoms with van der Waals surface area (Å²) in [6.07, 6.45) is 4.81. The molecule has 1 aliphatic rings. The minimum atomic E-state index is 0. The fourth-order valence-corrected chi connectivity index (χ4v) is 3.97. The van der Waals surface area contributed by atoms with Gasteiger partial charge in [-0.05, 0) is 64.1 Å². The van der Waals surface area contributed by atoms with Crippen LogP contribution in [0.5, 0.6) is 0 Å². The molecule has 1 saturated heterocycles. The smallest absolute Gasteiger partial charge is 0.191 e. The van der Waals surface area contributed by atoms with Crippen LogP contribution >= 0.6 is 35.3 Å². The number of ether oxygens (including phenoxy) is 1. The van der Waals surface area contributed by atoms with Crippen LogP contribution in [0.4, 0.5) is 0 Å². The van der Waals surface area contributed by atoms with Crippen molar-refractivity contribution in [3.05, 3.63) is 22.4 Å². The van der Waals surface area contributed by atoms with Crippen molar-refractivity contribution in [1.82, 2.24) is 15.5 Å². The number of hydrogen-bond donors (Lipinski definition) is 2. The maximum absolute atomic E-state index is 5.39. The average Bonchev–Trinajstić information content (AvgIpc) is 3.32. The number of guanidine groups is 1. The van der Waals surface area contributed by atoms with Gasteiger partial charge in [-0.1, -0.05) is 6.07 Å². The Morgan fingerprint density at radius 2 is 2.08 bits per heavy atom. The lowest BCUT2D eigenvalue weighted by atomic mass is 10.2. The Labute approximate surface area is 180 Å². The van der Waals surface area contributed by atoms with E-state index in [2.05, 4.69) is 40.0 Å². The topological polar surface area (TPSA) is 48.9 Å². The molecule has 1 fully saturated rings. The summed E-state index contributed by atoms with van der Waals surface area (Å²) in [4.78, 5) is 8.89. The van der Waals surface area contributed by atoms with E-state index < -0.39 is 0 Å². The van der Waals surface area contributed by atoms with E-state index in [9.17, 15) is 0 Å². The predicted octanol–water partition coefficient (Wildman–Crippen LogP) is 3.87. The SMILES string of the molecule is CCNC(=NCC(c1cccs1)N1CCCC1)NCCCCOCC.I. The maximum Gasteiger partial charge on any atom is 0.191 e. The molecule has 0 bridgehead atoms. The highest BCUT2D eigenvalue weighted by Crippen LogP contribution is 2.28. The summed E-state index contributed by atoms with van der Waals surface area (Å²) in [5, 5.41) is 9.00. The molecule has 1 aromatic rings. The summed E-state index contributed by atoms with van der Waals surface area (Å²) < 4.78 is 5.39. The quantitative estimate of drug-likeness (QED) is 0.212. The van der Waals surface area contributed by atoms with Crippen LogP contribution in [-0.2, 0) is 4.74 Å². The van der Waals surface area contributed by atoms with E-state index in [0.717, 1.165) is 51.6 Å². The molecular formula is C19H35IN4OS. The molecule has 26 heavy (non-hydrogen) atoms. The maximum atomic E-state index is 5.39. The second-order valence-corrected chi connectivity index (χ2v) is 7.30. The zero-order chi connectivity index (χ0) is 17.7. The van der Waals surface area contributed by atoms with Gasteiger partial charge in [-0.2, -0.15) is 0 Å². The molecular weight excluding hydrogens is 459 g/mol. The molecule has 0 saturated carbocycles. The van der Waals surface area contributed by atoms with Crippen molar-refractivity contribution in [3.8, 4) is 0 Å². The molecule has 2 heterocycles. The van der Waals surface area contributed by atoms with Crippen LogP contribution in [0.15, 0.2) is 22.5 Å². The first-order valence-electron chi connectivity index (χ1n) is 9.72. The summed E-state index contributed by atoms with van der Waals surface area (Å²) in [5.74, 6) is 0.930. The van der Waals surface area contributed by atoms with Crippen LogP contribution in [0.3, 0.4) is 0 Å². The largest absolute Gasteiger partial charge is 0.382 e. The lowest BCUT2D eigenvalue weighted by Crippen LogP contribution is -2.38. The molecule has 1 aromatic heterocycles. The van der Waals surface area contributed by atoms with Crippen LogP contribution in [0.1, 0.15) is 50.4 Å². The third-order valence-electron chi connectivity index (χ3n) is 4.43. The zero-order valence-corrected chi connectivity index (χ0v) is 19.4. The van der Waals surface area contributed by atoms with Crippen LogP contribution < -0.4 is 10.6 Å². The van der Waals surface area contributed by atoms with Crippen LogP contribution in [0.25, 0.3) is 0 Å². The first-order valence-corrected chi connectivity index (χ1v) is 10.6. The van der Waals surface area contributed by atoms with Crippen molar-refractivity contribution < 1.29 is 4.74 Å². The highest BCUT2D eigenvalue weighted by atomic mass is 127. The normalized spacial score (nSPS) is 16.3. The second-order valence-electron chi connectivity index (χ2n) is 6.32. The van der Waals surface area contributed by atoms with Gasteiger partial charge in [0.25, 0.3) is 0 Å². The Bertz CT molecular complexity index is 478. The Kier molecular flexibility index (Phi) is 13.3. The number of halogens is 1. The Hall–Kier alpha value is -0.380. The molecule has 0 aromatic carbocycles. The fourth-order valence-electron chi connectivity index (χ4n) is 3.12. The van der Waals surface area contributed by atoms with Crippen molar-refractivity contribution >= 4 is 41.3 Å². The minimum absolute atomic E-state index is 0. The fraction of sp³-hybridized carbons (Fsp3) is 0.737. The number of unbranched alkanes of at least 4 members (excludes halogenated alkanes) is 1. The number of nitrogens with zero attached hydrogens (tertiary/aromatic N) is 2. The van der Waals surface area contributed by atoms with E-state index in [1.165, 1.54) is 30.8 Å². The Morgan fingerprint density at radius 3 is 2.73 bits per heavy atom. The minimum Gasteiger partial charge on any atom is -0.382 e. The van der Waals surface area contributed by atoms with Gasteiger partial charge in [0.05, 0.1) is 12.6 Å². The molecule has 1 unspecified atom stereocenters. The first-order chi connectivity index (χ1) is 12.3. The first kappa shape index (κ1) is 23.7. The summed E-state index contributed by atoms with van der Waals surface area (Å²) in [6, 6.07) is 4.81. The summed E-state index contributed by atoms with van der Waals surface area (Å²) in [5.41, 5.74) is 0. The van der Waals surface area contributed by atoms with Crippen molar-refractivity contribution in [2.45, 2.75) is 45.6 Å². The van der Waals surface area contributed by atoms with E-state index in [0.29, 0.717) is 6.04 Å². The van der Waals surface area contributed by atoms with E-state index in [1.54, 1.807) is 0 Å². The van der Waals surface area contributed by atoms with Gasteiger partial charge in [-0.15, -0.1) is 35.3 Å². The third kappa shape index (κ3) is 8.54. The molecule has 0 aliphatic carbocycles. The molecule has 1 atom stereocenters. The average molecular weight is 494 g/mol. The number of hydrogen-bond acceptors (Lipinski definition) is 4. The molecule has 2 N–H and O–H groups in total. The summed E-state index contributed by atoms with van der Waals surface area (Å²) in [6.45, 7) is 10.8. The van der Waals surface area contributed by atoms with E-state index in [4.69, 9.17) is 9.73 Å². The van der Waals surface area contributed by atoms with Gasteiger partial charge in [-0.25, -0.2) is 0 Å². The van der Waals surface area contributed by atoms with Gasteiger partial charge in [0.2, 0.25) is 0 Å². The lowest BCUT2D eigenvalue weighted by Gasteiger charge is -2.25. The van der Waals surface area contributed by atoms with Crippen molar-refractivity contribution in [2.24, 2.45) is 4.99 Å². The highest BCUT2D eigenvalue weighted by Gasteiger charge is 2.24. The van der Waals surface area contributed by atoms with Gasteiger partial charge in [0, 0.05) is 31.2 Å². The van der Waals surface area contributed by atoms with Crippen LogP contribution in [-0.4, -0.2) is 56.8 Å². The third-order valence-corrected chi connectivity index (χ3v) is 5.41. The number of thiophene rings is 1. The van der Waals surface area contributed by atoms with Crippen molar-refractivity contribution in [1.29, 1.82) is 0 Å². The second kappa shape index (κ2) is 14.6.